The lowest BCUT2D eigenvalue weighted by molar-refractivity contribution is -0.384. The van der Waals surface area contributed by atoms with E-state index in [0.29, 0.717) is 0 Å². The van der Waals surface area contributed by atoms with Crippen molar-refractivity contribution in [1.82, 2.24) is 0 Å². The number of non-ortho nitro benzene ring substituents is 1. The number of nitrogens with zero attached hydrogens (tertiary/aromatic N) is 1. The van der Waals surface area contributed by atoms with E-state index in [0.717, 1.165) is 12.1 Å². The number of nitro benzene ring substituents is 1. The SMILES string of the molecule is O=C(Nc1c(Cl)cc([N+](=O)[O-])cc1Cl)C(Cl)(Cl)Cl. The normalized spacial score (nSPS) is 11.2. The van der Waals surface area contributed by atoms with E-state index in [9.17, 15) is 14.9 Å². The van der Waals surface area contributed by atoms with Crippen molar-refractivity contribution >= 4 is 75.3 Å². The molecule has 18 heavy (non-hydrogen) atoms. The molecule has 1 aromatic rings. The number of anilines is 1. The van der Waals surface area contributed by atoms with E-state index in [2.05, 4.69) is 5.32 Å². The third-order valence-corrected chi connectivity index (χ3v) is 2.84. The molecule has 0 saturated carbocycles. The Morgan fingerprint density at radius 3 is 2.00 bits per heavy atom. The molecule has 1 aromatic carbocycles. The van der Waals surface area contributed by atoms with Crippen molar-refractivity contribution in [2.75, 3.05) is 5.32 Å². The molecule has 0 atom stereocenters. The van der Waals surface area contributed by atoms with Crippen molar-refractivity contribution < 1.29 is 9.72 Å². The van der Waals surface area contributed by atoms with Gasteiger partial charge in [0.05, 0.1) is 20.7 Å². The van der Waals surface area contributed by atoms with Gasteiger partial charge < -0.3 is 5.32 Å². The summed E-state index contributed by atoms with van der Waals surface area (Å²) in [6.07, 6.45) is 0. The molecule has 0 aliphatic heterocycles. The van der Waals surface area contributed by atoms with Crippen LogP contribution in [0.5, 0.6) is 0 Å². The maximum absolute atomic E-state index is 11.4. The van der Waals surface area contributed by atoms with Crippen molar-refractivity contribution in [1.29, 1.82) is 0 Å². The molecule has 0 aliphatic carbocycles. The number of rotatable bonds is 2. The first-order valence-corrected chi connectivity index (χ1v) is 6.03. The quantitative estimate of drug-likeness (QED) is 0.492. The van der Waals surface area contributed by atoms with Crippen molar-refractivity contribution in [3.63, 3.8) is 0 Å². The molecular weight excluding hydrogens is 349 g/mol. The van der Waals surface area contributed by atoms with Gasteiger partial charge in [0.2, 0.25) is 0 Å². The molecule has 0 unspecified atom stereocenters. The molecule has 5 nitrogen and oxygen atoms in total. The summed E-state index contributed by atoms with van der Waals surface area (Å²) in [5.74, 6) is -0.981. The van der Waals surface area contributed by atoms with Crippen LogP contribution in [-0.2, 0) is 4.79 Å². The molecule has 0 bridgehead atoms. The summed E-state index contributed by atoms with van der Waals surface area (Å²) in [7, 11) is 0. The average Bonchev–Trinajstić information content (AvgIpc) is 2.21. The standard InChI is InChI=1S/C8H3Cl5N2O3/c9-4-1-3(15(17)18)2-5(10)6(4)14-7(16)8(11,12)13/h1-2H,(H,14,16). The minimum atomic E-state index is -2.20. The number of hydrogen-bond acceptors (Lipinski definition) is 3. The first-order valence-electron chi connectivity index (χ1n) is 4.14. The van der Waals surface area contributed by atoms with E-state index in [-0.39, 0.29) is 21.4 Å². The Kier molecular flexibility index (Phi) is 4.91. The summed E-state index contributed by atoms with van der Waals surface area (Å²) >= 11 is 27.5. The van der Waals surface area contributed by atoms with Crippen molar-refractivity contribution in [3.8, 4) is 0 Å². The first kappa shape index (κ1) is 15.6. The molecule has 0 aliphatic rings. The molecule has 0 heterocycles. The minimum Gasteiger partial charge on any atom is -0.320 e. The van der Waals surface area contributed by atoms with E-state index in [1.807, 2.05) is 0 Å². The van der Waals surface area contributed by atoms with Gasteiger partial charge in [0.25, 0.3) is 15.4 Å². The number of carbonyl (C=O) groups is 1. The van der Waals surface area contributed by atoms with Gasteiger partial charge in [-0.3, -0.25) is 14.9 Å². The smallest absolute Gasteiger partial charge is 0.276 e. The third kappa shape index (κ3) is 3.76. The number of nitrogens with one attached hydrogen (secondary N) is 1. The van der Waals surface area contributed by atoms with Crippen LogP contribution in [0.2, 0.25) is 10.0 Å². The lowest BCUT2D eigenvalue weighted by Gasteiger charge is -2.13. The Bertz CT molecular complexity index is 491. The zero-order valence-corrected chi connectivity index (χ0v) is 12.0. The fourth-order valence-corrected chi connectivity index (χ4v) is 1.68. The van der Waals surface area contributed by atoms with Gasteiger partial charge in [-0.05, 0) is 0 Å². The molecule has 0 fully saturated rings. The highest BCUT2D eigenvalue weighted by Gasteiger charge is 2.31. The summed E-state index contributed by atoms with van der Waals surface area (Å²) in [5.41, 5.74) is -0.392. The molecular formula is C8H3Cl5N2O3. The maximum Gasteiger partial charge on any atom is 0.276 e. The van der Waals surface area contributed by atoms with Crippen LogP contribution in [0, 0.1) is 10.1 Å². The highest BCUT2D eigenvalue weighted by molar-refractivity contribution is 6.77. The van der Waals surface area contributed by atoms with Crippen LogP contribution in [0.4, 0.5) is 11.4 Å². The number of amides is 1. The topological polar surface area (TPSA) is 72.2 Å². The number of hydrogen-bond donors (Lipinski definition) is 1. The van der Waals surface area contributed by atoms with Gasteiger partial charge in [-0.25, -0.2) is 0 Å². The fourth-order valence-electron chi connectivity index (χ4n) is 0.969. The van der Waals surface area contributed by atoms with Gasteiger partial charge in [-0.15, -0.1) is 0 Å². The second-order valence-corrected chi connectivity index (χ2v) is 6.09. The number of alkyl halides is 3. The molecule has 98 valence electrons. The van der Waals surface area contributed by atoms with Gasteiger partial charge in [0.15, 0.2) is 0 Å². The van der Waals surface area contributed by atoms with Gasteiger partial charge in [-0.1, -0.05) is 58.0 Å². The molecule has 1 N–H and O–H groups in total. The van der Waals surface area contributed by atoms with Crippen molar-refractivity contribution in [2.24, 2.45) is 0 Å². The van der Waals surface area contributed by atoms with Crippen LogP contribution in [0.15, 0.2) is 12.1 Å². The number of nitro groups is 1. The van der Waals surface area contributed by atoms with E-state index < -0.39 is 14.6 Å². The summed E-state index contributed by atoms with van der Waals surface area (Å²) in [4.78, 5) is 21.3. The molecule has 0 aromatic heterocycles. The van der Waals surface area contributed by atoms with Gasteiger partial charge in [-0.2, -0.15) is 0 Å². The van der Waals surface area contributed by atoms with Crippen LogP contribution in [0.25, 0.3) is 0 Å². The minimum absolute atomic E-state index is 0.0692. The predicted octanol–water partition coefficient (Wildman–Crippen LogP) is 4.21. The van der Waals surface area contributed by atoms with Crippen LogP contribution < -0.4 is 5.32 Å². The lowest BCUT2D eigenvalue weighted by atomic mass is 10.2. The zero-order chi connectivity index (χ0) is 14.1. The Hall–Kier alpha value is -0.460. The molecule has 1 amide bonds. The highest BCUT2D eigenvalue weighted by atomic mass is 35.6. The molecule has 0 radical (unpaired) electrons. The van der Waals surface area contributed by atoms with Crippen LogP contribution in [0.1, 0.15) is 0 Å². The second kappa shape index (κ2) is 5.67. The monoisotopic (exact) mass is 350 g/mol. The number of benzene rings is 1. The highest BCUT2D eigenvalue weighted by Crippen LogP contribution is 2.36. The predicted molar refractivity (Wildman–Crippen MR) is 72.0 cm³/mol. The average molecular weight is 352 g/mol. The summed E-state index contributed by atoms with van der Waals surface area (Å²) in [6, 6.07) is 2.03. The van der Waals surface area contributed by atoms with Crippen molar-refractivity contribution in [2.45, 2.75) is 3.79 Å². The molecule has 10 heteroatoms. The summed E-state index contributed by atoms with van der Waals surface area (Å²) in [5, 5.41) is 12.4. The molecule has 0 spiro atoms. The number of carbonyl (C=O) groups excluding carboxylic acids is 1. The Morgan fingerprint density at radius 1 is 1.22 bits per heavy atom. The third-order valence-electron chi connectivity index (χ3n) is 1.73. The zero-order valence-electron chi connectivity index (χ0n) is 8.22. The maximum atomic E-state index is 11.4. The first-order chi connectivity index (χ1) is 8.12. The fraction of sp³-hybridized carbons (Fsp3) is 0.125. The largest absolute Gasteiger partial charge is 0.320 e. The number of halogens is 5. The van der Waals surface area contributed by atoms with E-state index >= 15 is 0 Å². The van der Waals surface area contributed by atoms with E-state index in [1.54, 1.807) is 0 Å². The van der Waals surface area contributed by atoms with Gasteiger partial charge >= 0.3 is 0 Å². The second-order valence-electron chi connectivity index (χ2n) is 2.99. The van der Waals surface area contributed by atoms with Crippen LogP contribution in [-0.4, -0.2) is 14.6 Å². The van der Waals surface area contributed by atoms with Crippen molar-refractivity contribution in [3.05, 3.63) is 32.3 Å². The van der Waals surface area contributed by atoms with Gasteiger partial charge in [0, 0.05) is 12.1 Å². The Labute approximate surface area is 126 Å². The molecule has 0 saturated heterocycles. The van der Waals surface area contributed by atoms with Crippen LogP contribution >= 0.6 is 58.0 Å². The van der Waals surface area contributed by atoms with Gasteiger partial charge in [0.1, 0.15) is 0 Å². The lowest BCUT2D eigenvalue weighted by Crippen LogP contribution is -2.27. The Morgan fingerprint density at radius 2 is 1.67 bits per heavy atom. The van der Waals surface area contributed by atoms with E-state index in [4.69, 9.17) is 58.0 Å². The summed E-state index contributed by atoms with van der Waals surface area (Å²) in [6.45, 7) is 0. The van der Waals surface area contributed by atoms with Crippen LogP contribution in [0.3, 0.4) is 0 Å². The Balaban J connectivity index is 3.12. The molecule has 1 rings (SSSR count). The summed E-state index contributed by atoms with van der Waals surface area (Å²) < 4.78 is -2.20. The van der Waals surface area contributed by atoms with E-state index in [1.165, 1.54) is 0 Å².